The van der Waals surface area contributed by atoms with Crippen LogP contribution < -0.4 is 5.32 Å². The van der Waals surface area contributed by atoms with E-state index in [2.05, 4.69) is 34.7 Å². The lowest BCUT2D eigenvalue weighted by Crippen LogP contribution is -2.40. The van der Waals surface area contributed by atoms with Crippen molar-refractivity contribution in [1.29, 1.82) is 0 Å². The van der Waals surface area contributed by atoms with Gasteiger partial charge < -0.3 is 10.1 Å². The molecular formula is C13H15N3O. The molecule has 0 radical (unpaired) electrons. The highest BCUT2D eigenvalue weighted by atomic mass is 16.5. The topological polar surface area (TPSA) is 39.1 Å². The summed E-state index contributed by atoms with van der Waals surface area (Å²) in [5, 5.41) is 7.65. The molecule has 1 N–H and O–H groups in total. The molecule has 0 spiro atoms. The zero-order chi connectivity index (χ0) is 11.5. The first-order valence-electron chi connectivity index (χ1n) is 5.81. The van der Waals surface area contributed by atoms with Crippen molar-refractivity contribution in [3.05, 3.63) is 48.3 Å². The molecule has 1 aliphatic rings. The van der Waals surface area contributed by atoms with Gasteiger partial charge >= 0.3 is 0 Å². The minimum absolute atomic E-state index is 0.468. The Hall–Kier alpha value is -1.81. The maximum absolute atomic E-state index is 5.15. The Kier molecular flexibility index (Phi) is 2.80. The summed E-state index contributed by atoms with van der Waals surface area (Å²) in [6.07, 6.45) is 3.77. The summed E-state index contributed by atoms with van der Waals surface area (Å²) in [7, 11) is 0. The first-order chi connectivity index (χ1) is 8.40. The molecule has 17 heavy (non-hydrogen) atoms. The van der Waals surface area contributed by atoms with Crippen molar-refractivity contribution in [3.63, 3.8) is 0 Å². The van der Waals surface area contributed by atoms with E-state index in [-0.39, 0.29) is 0 Å². The lowest BCUT2D eigenvalue weighted by molar-refractivity contribution is 0.0211. The highest BCUT2D eigenvalue weighted by molar-refractivity contribution is 5.46. The minimum Gasteiger partial charge on any atom is -0.378 e. The SMILES string of the molecule is c1cc(Cn2cccn2)cc(NC2COC2)c1. The Balaban J connectivity index is 1.69. The summed E-state index contributed by atoms with van der Waals surface area (Å²) in [6.45, 7) is 2.43. The molecule has 0 atom stereocenters. The predicted octanol–water partition coefficient (Wildman–Crippen LogP) is 1.74. The molecule has 1 aromatic carbocycles. The fourth-order valence-corrected chi connectivity index (χ4v) is 1.90. The summed E-state index contributed by atoms with van der Waals surface area (Å²) in [4.78, 5) is 0. The number of ether oxygens (including phenoxy) is 1. The number of anilines is 1. The number of nitrogens with zero attached hydrogens (tertiary/aromatic N) is 2. The van der Waals surface area contributed by atoms with E-state index in [1.54, 1.807) is 6.20 Å². The Bertz CT molecular complexity index is 477. The van der Waals surface area contributed by atoms with Crippen LogP contribution in [-0.2, 0) is 11.3 Å². The molecule has 1 aromatic heterocycles. The van der Waals surface area contributed by atoms with Crippen LogP contribution in [0.4, 0.5) is 5.69 Å². The van der Waals surface area contributed by atoms with Crippen LogP contribution in [0, 0.1) is 0 Å². The fourth-order valence-electron chi connectivity index (χ4n) is 1.90. The van der Waals surface area contributed by atoms with Crippen molar-refractivity contribution in [1.82, 2.24) is 9.78 Å². The molecule has 3 rings (SSSR count). The fraction of sp³-hybridized carbons (Fsp3) is 0.308. The summed E-state index contributed by atoms with van der Waals surface area (Å²) >= 11 is 0. The number of rotatable bonds is 4. The van der Waals surface area contributed by atoms with Gasteiger partial charge in [0.1, 0.15) is 0 Å². The van der Waals surface area contributed by atoms with Gasteiger partial charge in [-0.3, -0.25) is 4.68 Å². The number of hydrogen-bond donors (Lipinski definition) is 1. The molecule has 1 aliphatic heterocycles. The highest BCUT2D eigenvalue weighted by Crippen LogP contribution is 2.15. The van der Waals surface area contributed by atoms with Crippen molar-refractivity contribution >= 4 is 5.69 Å². The van der Waals surface area contributed by atoms with E-state index in [0.29, 0.717) is 6.04 Å². The van der Waals surface area contributed by atoms with Gasteiger partial charge in [-0.15, -0.1) is 0 Å². The van der Waals surface area contributed by atoms with Gasteiger partial charge in [0.05, 0.1) is 25.8 Å². The van der Waals surface area contributed by atoms with Gasteiger partial charge in [-0.25, -0.2) is 0 Å². The van der Waals surface area contributed by atoms with Crippen LogP contribution in [0.5, 0.6) is 0 Å². The zero-order valence-corrected chi connectivity index (χ0v) is 9.54. The van der Waals surface area contributed by atoms with Crippen LogP contribution >= 0.6 is 0 Å². The number of nitrogens with one attached hydrogen (secondary N) is 1. The van der Waals surface area contributed by atoms with E-state index in [1.807, 2.05) is 16.9 Å². The molecular weight excluding hydrogens is 214 g/mol. The average Bonchev–Trinajstić information content (AvgIpc) is 2.77. The van der Waals surface area contributed by atoms with Crippen LogP contribution in [0.1, 0.15) is 5.56 Å². The highest BCUT2D eigenvalue weighted by Gasteiger charge is 2.17. The molecule has 88 valence electrons. The maximum atomic E-state index is 5.15. The number of hydrogen-bond acceptors (Lipinski definition) is 3. The van der Waals surface area contributed by atoms with Crippen molar-refractivity contribution in [3.8, 4) is 0 Å². The molecule has 4 heteroatoms. The predicted molar refractivity (Wildman–Crippen MR) is 66.0 cm³/mol. The third-order valence-electron chi connectivity index (χ3n) is 2.84. The Morgan fingerprint density at radius 1 is 1.35 bits per heavy atom. The average molecular weight is 229 g/mol. The Morgan fingerprint density at radius 3 is 3.00 bits per heavy atom. The molecule has 2 heterocycles. The van der Waals surface area contributed by atoms with E-state index < -0.39 is 0 Å². The van der Waals surface area contributed by atoms with Gasteiger partial charge in [-0.1, -0.05) is 12.1 Å². The van der Waals surface area contributed by atoms with E-state index in [1.165, 1.54) is 5.56 Å². The molecule has 2 aromatic rings. The second kappa shape index (κ2) is 4.59. The molecule has 1 fully saturated rings. The third-order valence-corrected chi connectivity index (χ3v) is 2.84. The summed E-state index contributed by atoms with van der Waals surface area (Å²) in [6, 6.07) is 10.8. The molecule has 0 bridgehead atoms. The lowest BCUT2D eigenvalue weighted by atomic mass is 10.1. The Labute approximate surface area is 100 Å². The van der Waals surface area contributed by atoms with E-state index in [0.717, 1.165) is 25.4 Å². The largest absolute Gasteiger partial charge is 0.378 e. The second-order valence-corrected chi connectivity index (χ2v) is 4.28. The van der Waals surface area contributed by atoms with Crippen molar-refractivity contribution in [2.75, 3.05) is 18.5 Å². The van der Waals surface area contributed by atoms with E-state index >= 15 is 0 Å². The van der Waals surface area contributed by atoms with Gasteiger partial charge in [0.25, 0.3) is 0 Å². The van der Waals surface area contributed by atoms with Gasteiger partial charge in [0.15, 0.2) is 0 Å². The normalized spacial score (nSPS) is 15.5. The third kappa shape index (κ3) is 2.47. The van der Waals surface area contributed by atoms with Crippen molar-refractivity contribution < 1.29 is 4.74 Å². The standard InChI is InChI=1S/C13H15N3O/c1-3-11(8-16-6-2-5-14-16)7-12(4-1)15-13-9-17-10-13/h1-7,13,15H,8-10H2. The van der Waals surface area contributed by atoms with Crippen molar-refractivity contribution in [2.24, 2.45) is 0 Å². The number of aromatic nitrogens is 2. The smallest absolute Gasteiger partial charge is 0.0728 e. The van der Waals surface area contributed by atoms with Crippen LogP contribution in [0.25, 0.3) is 0 Å². The second-order valence-electron chi connectivity index (χ2n) is 4.28. The monoisotopic (exact) mass is 229 g/mol. The molecule has 4 nitrogen and oxygen atoms in total. The van der Waals surface area contributed by atoms with Crippen LogP contribution in [-0.4, -0.2) is 29.0 Å². The van der Waals surface area contributed by atoms with Gasteiger partial charge in [-0.05, 0) is 23.8 Å². The quantitative estimate of drug-likeness (QED) is 0.868. The molecule has 0 amide bonds. The summed E-state index contributed by atoms with van der Waals surface area (Å²) < 4.78 is 7.07. The Morgan fingerprint density at radius 2 is 2.29 bits per heavy atom. The van der Waals surface area contributed by atoms with E-state index in [4.69, 9.17) is 4.74 Å². The molecule has 1 saturated heterocycles. The molecule has 0 saturated carbocycles. The van der Waals surface area contributed by atoms with Gasteiger partial charge in [-0.2, -0.15) is 5.10 Å². The number of benzene rings is 1. The van der Waals surface area contributed by atoms with Crippen LogP contribution in [0.15, 0.2) is 42.7 Å². The summed E-state index contributed by atoms with van der Waals surface area (Å²) in [5.41, 5.74) is 2.40. The van der Waals surface area contributed by atoms with Crippen LogP contribution in [0.2, 0.25) is 0 Å². The minimum atomic E-state index is 0.468. The molecule has 0 aliphatic carbocycles. The lowest BCUT2D eigenvalue weighted by Gasteiger charge is -2.28. The van der Waals surface area contributed by atoms with Crippen molar-refractivity contribution in [2.45, 2.75) is 12.6 Å². The van der Waals surface area contributed by atoms with Crippen LogP contribution in [0.3, 0.4) is 0 Å². The first kappa shape index (κ1) is 10.4. The van der Waals surface area contributed by atoms with Gasteiger partial charge in [0, 0.05) is 18.1 Å². The van der Waals surface area contributed by atoms with E-state index in [9.17, 15) is 0 Å². The first-order valence-corrected chi connectivity index (χ1v) is 5.81. The zero-order valence-electron chi connectivity index (χ0n) is 9.54. The summed E-state index contributed by atoms with van der Waals surface area (Å²) in [5.74, 6) is 0. The molecule has 0 unspecified atom stereocenters. The van der Waals surface area contributed by atoms with Gasteiger partial charge in [0.2, 0.25) is 0 Å². The maximum Gasteiger partial charge on any atom is 0.0728 e.